The Bertz CT molecular complexity index is 1240. The molecule has 3 heterocycles. The number of ketones is 1. The number of fused-ring (bicyclic) bond motifs is 1. The number of alkyl halides is 2. The number of halogens is 2. The second-order valence-electron chi connectivity index (χ2n) is 9.30. The zero-order chi connectivity index (χ0) is 25.2. The van der Waals surface area contributed by atoms with Gasteiger partial charge in [0, 0.05) is 37.3 Å². The van der Waals surface area contributed by atoms with Crippen LogP contribution in [0.4, 0.5) is 8.78 Å². The van der Waals surface area contributed by atoms with Crippen molar-refractivity contribution >= 4 is 11.4 Å². The Labute approximate surface area is 207 Å². The maximum atomic E-state index is 13.3. The Morgan fingerprint density at radius 1 is 1.25 bits per heavy atom. The van der Waals surface area contributed by atoms with Crippen LogP contribution in [0.25, 0.3) is 16.9 Å². The highest BCUT2D eigenvalue weighted by Crippen LogP contribution is 2.40. The highest BCUT2D eigenvalue weighted by molar-refractivity contribution is 6.02. The van der Waals surface area contributed by atoms with E-state index >= 15 is 0 Å². The molecule has 0 N–H and O–H groups in total. The van der Waals surface area contributed by atoms with Crippen LogP contribution in [0.3, 0.4) is 0 Å². The number of hydrogen-bond donors (Lipinski definition) is 0. The first-order valence-corrected chi connectivity index (χ1v) is 12.0. The molecular formula is C26H29F2N3O5. The fourth-order valence-corrected chi connectivity index (χ4v) is 4.47. The van der Waals surface area contributed by atoms with Crippen LogP contribution in [0, 0.1) is 5.92 Å². The molecule has 1 aliphatic carbocycles. The summed E-state index contributed by atoms with van der Waals surface area (Å²) in [5.74, 6) is 0.682. The minimum atomic E-state index is -3.08. The number of rotatable bonds is 10. The van der Waals surface area contributed by atoms with Gasteiger partial charge >= 0.3 is 6.61 Å². The minimum Gasteiger partial charge on any atom is -0.496 e. The molecule has 1 atom stereocenters. The van der Waals surface area contributed by atoms with Crippen molar-refractivity contribution in [2.24, 2.45) is 5.92 Å². The van der Waals surface area contributed by atoms with Gasteiger partial charge in [0.05, 0.1) is 25.6 Å². The number of imidazole rings is 1. The molecule has 0 bridgehead atoms. The molecule has 10 heteroatoms. The lowest BCUT2D eigenvalue weighted by Crippen LogP contribution is -2.42. The molecule has 3 aromatic rings. The third kappa shape index (κ3) is 5.44. The highest BCUT2D eigenvalue weighted by Gasteiger charge is 2.30. The lowest BCUT2D eigenvalue weighted by atomic mass is 10.00. The lowest BCUT2D eigenvalue weighted by molar-refractivity contribution is -0.0502. The van der Waals surface area contributed by atoms with Gasteiger partial charge in [-0.2, -0.15) is 8.78 Å². The molecule has 2 aromatic heterocycles. The molecule has 0 amide bonds. The molecule has 1 saturated carbocycles. The van der Waals surface area contributed by atoms with Crippen LogP contribution in [0.15, 0.2) is 36.7 Å². The van der Waals surface area contributed by atoms with Gasteiger partial charge in [0.2, 0.25) is 0 Å². The number of morpholine rings is 1. The predicted octanol–water partition coefficient (Wildman–Crippen LogP) is 4.30. The highest BCUT2D eigenvalue weighted by atomic mass is 19.3. The molecule has 1 aromatic carbocycles. The van der Waals surface area contributed by atoms with Crippen LogP contribution in [0.1, 0.15) is 29.6 Å². The van der Waals surface area contributed by atoms with Gasteiger partial charge in [0.25, 0.3) is 0 Å². The maximum Gasteiger partial charge on any atom is 0.387 e. The monoisotopic (exact) mass is 501 g/mol. The van der Waals surface area contributed by atoms with E-state index in [-0.39, 0.29) is 35.4 Å². The SMILES string of the molecule is COc1cc(-c2cnc3cc(OCC4CN(C)CCO4)ccn23)cc(OC(F)F)c1C(=O)CC1CC1. The summed E-state index contributed by atoms with van der Waals surface area (Å²) in [6, 6.07) is 6.71. The first kappa shape index (κ1) is 24.5. The summed E-state index contributed by atoms with van der Waals surface area (Å²) < 4.78 is 50.2. The number of aromatic nitrogens is 2. The number of likely N-dealkylation sites (N-methyl/N-ethyl adjacent to an activating group) is 1. The van der Waals surface area contributed by atoms with E-state index in [1.807, 2.05) is 10.5 Å². The average Bonchev–Trinajstić information content (AvgIpc) is 3.56. The van der Waals surface area contributed by atoms with Crippen LogP contribution in [-0.4, -0.2) is 73.2 Å². The summed E-state index contributed by atoms with van der Waals surface area (Å²) in [6.07, 6.45) is 5.65. The summed E-state index contributed by atoms with van der Waals surface area (Å²) in [5.41, 5.74) is 1.83. The molecule has 2 aliphatic rings. The van der Waals surface area contributed by atoms with Gasteiger partial charge in [-0.15, -0.1) is 0 Å². The van der Waals surface area contributed by atoms with Crippen LogP contribution < -0.4 is 14.2 Å². The van der Waals surface area contributed by atoms with Gasteiger partial charge in [-0.05, 0) is 44.0 Å². The fraction of sp³-hybridized carbons (Fsp3) is 0.462. The van der Waals surface area contributed by atoms with Gasteiger partial charge in [-0.1, -0.05) is 0 Å². The van der Waals surface area contributed by atoms with Crippen LogP contribution in [-0.2, 0) is 4.74 Å². The van der Waals surface area contributed by atoms with Gasteiger partial charge in [-0.3, -0.25) is 9.20 Å². The Morgan fingerprint density at radius 2 is 2.06 bits per heavy atom. The predicted molar refractivity (Wildman–Crippen MR) is 128 cm³/mol. The van der Waals surface area contributed by atoms with Crippen molar-refractivity contribution in [2.45, 2.75) is 32.0 Å². The quantitative estimate of drug-likeness (QED) is 0.384. The van der Waals surface area contributed by atoms with Crippen molar-refractivity contribution in [3.05, 3.63) is 42.2 Å². The Hall–Kier alpha value is -3.24. The molecule has 8 nitrogen and oxygen atoms in total. The molecule has 36 heavy (non-hydrogen) atoms. The summed E-state index contributed by atoms with van der Waals surface area (Å²) in [4.78, 5) is 19.5. The van der Waals surface area contributed by atoms with Crippen molar-refractivity contribution < 1.29 is 32.5 Å². The van der Waals surface area contributed by atoms with Gasteiger partial charge < -0.3 is 23.8 Å². The van der Waals surface area contributed by atoms with E-state index in [0.717, 1.165) is 25.9 Å². The zero-order valence-corrected chi connectivity index (χ0v) is 20.3. The minimum absolute atomic E-state index is 0.00265. The van der Waals surface area contributed by atoms with E-state index in [0.29, 0.717) is 41.8 Å². The second-order valence-corrected chi connectivity index (χ2v) is 9.30. The molecule has 1 unspecified atom stereocenters. The first-order chi connectivity index (χ1) is 17.4. The van der Waals surface area contributed by atoms with Crippen molar-refractivity contribution in [3.8, 4) is 28.5 Å². The average molecular weight is 502 g/mol. The third-order valence-corrected chi connectivity index (χ3v) is 6.51. The van der Waals surface area contributed by atoms with Crippen LogP contribution >= 0.6 is 0 Å². The van der Waals surface area contributed by atoms with Crippen LogP contribution in [0.2, 0.25) is 0 Å². The number of carbonyl (C=O) groups excluding carboxylic acids is 1. The largest absolute Gasteiger partial charge is 0.496 e. The van der Waals surface area contributed by atoms with E-state index in [1.54, 1.807) is 24.5 Å². The maximum absolute atomic E-state index is 13.3. The van der Waals surface area contributed by atoms with Crippen LogP contribution in [0.5, 0.6) is 17.2 Å². The van der Waals surface area contributed by atoms with Gasteiger partial charge in [-0.25, -0.2) is 4.98 Å². The number of nitrogens with zero attached hydrogens (tertiary/aromatic N) is 3. The summed E-state index contributed by atoms with van der Waals surface area (Å²) >= 11 is 0. The first-order valence-electron chi connectivity index (χ1n) is 12.0. The fourth-order valence-electron chi connectivity index (χ4n) is 4.47. The van der Waals surface area contributed by atoms with Crippen molar-refractivity contribution in [3.63, 3.8) is 0 Å². The second kappa shape index (κ2) is 10.4. The van der Waals surface area contributed by atoms with Crippen molar-refractivity contribution in [2.75, 3.05) is 40.5 Å². The number of pyridine rings is 1. The summed E-state index contributed by atoms with van der Waals surface area (Å²) in [7, 11) is 3.46. The normalized spacial score (nSPS) is 18.5. The number of benzene rings is 1. The smallest absolute Gasteiger partial charge is 0.387 e. The van der Waals surface area contributed by atoms with Gasteiger partial charge in [0.15, 0.2) is 5.78 Å². The molecule has 0 radical (unpaired) electrons. The standard InChI is InChI=1S/C26H29F2N3O5/c1-30-7-8-34-19(14-30)15-35-18-5-6-31-20(13-29-24(31)12-18)17-10-22(33-2)25(21(32)9-16-3-4-16)23(11-17)36-26(27)28/h5-6,10-13,16,19,26H,3-4,7-9,14-15H2,1-2H3. The van der Waals surface area contributed by atoms with Crippen molar-refractivity contribution in [1.82, 2.24) is 14.3 Å². The summed E-state index contributed by atoms with van der Waals surface area (Å²) in [5, 5.41) is 0. The Balaban J connectivity index is 1.42. The van der Waals surface area contributed by atoms with E-state index in [9.17, 15) is 13.6 Å². The molecular weight excluding hydrogens is 472 g/mol. The number of carbonyl (C=O) groups is 1. The van der Waals surface area contributed by atoms with E-state index in [4.69, 9.17) is 18.9 Å². The van der Waals surface area contributed by atoms with E-state index in [2.05, 4.69) is 16.9 Å². The molecule has 0 spiro atoms. The lowest BCUT2D eigenvalue weighted by Gasteiger charge is -2.29. The Kier molecular flexibility index (Phi) is 7.06. The molecule has 192 valence electrons. The zero-order valence-electron chi connectivity index (χ0n) is 20.3. The number of hydrogen-bond acceptors (Lipinski definition) is 7. The molecule has 1 aliphatic heterocycles. The molecule has 1 saturated heterocycles. The number of methoxy groups -OCH3 is 1. The molecule has 5 rings (SSSR count). The van der Waals surface area contributed by atoms with Crippen molar-refractivity contribution in [1.29, 1.82) is 0 Å². The number of Topliss-reactive ketones (excluding diaryl/α,β-unsaturated/α-hetero) is 1. The topological polar surface area (TPSA) is 74.5 Å². The number of ether oxygens (including phenoxy) is 4. The Morgan fingerprint density at radius 3 is 2.78 bits per heavy atom. The van der Waals surface area contributed by atoms with E-state index in [1.165, 1.54) is 13.2 Å². The van der Waals surface area contributed by atoms with E-state index < -0.39 is 6.61 Å². The van der Waals surface area contributed by atoms with Gasteiger partial charge in [0.1, 0.15) is 41.2 Å². The third-order valence-electron chi connectivity index (χ3n) is 6.51. The molecule has 2 fully saturated rings. The summed E-state index contributed by atoms with van der Waals surface area (Å²) in [6.45, 7) is -0.259.